The predicted molar refractivity (Wildman–Crippen MR) is 49.9 cm³/mol. The maximum absolute atomic E-state index is 11.2. The average Bonchev–Trinajstić information content (AvgIpc) is 2.27. The minimum Gasteiger partial charge on any atom is -0.294 e. The highest BCUT2D eigenvalue weighted by molar-refractivity contribution is 6.35. The zero-order valence-corrected chi connectivity index (χ0v) is 7.18. The molecule has 0 bridgehead atoms. The number of carbonyl (C=O) groups excluding carboxylic acids is 2. The molecule has 0 fully saturated rings. The van der Waals surface area contributed by atoms with Gasteiger partial charge < -0.3 is 0 Å². The van der Waals surface area contributed by atoms with Crippen molar-refractivity contribution in [2.45, 2.75) is 0 Å². The van der Waals surface area contributed by atoms with Crippen LogP contribution < -0.4 is 0 Å². The van der Waals surface area contributed by atoms with Gasteiger partial charge in [0.1, 0.15) is 6.33 Å². The first-order chi connectivity index (χ1) is 6.83. The Morgan fingerprint density at radius 2 is 2.21 bits per heavy atom. The molecular formula is C10H6N2O2. The van der Waals surface area contributed by atoms with Crippen molar-refractivity contribution >= 4 is 23.0 Å². The number of carbonyl (C=O) groups is 2. The van der Waals surface area contributed by atoms with Gasteiger partial charge in [0.25, 0.3) is 0 Å². The number of ketones is 1. The molecule has 1 aromatic heterocycles. The average molecular weight is 186 g/mol. The van der Waals surface area contributed by atoms with E-state index in [4.69, 9.17) is 0 Å². The van der Waals surface area contributed by atoms with Gasteiger partial charge in [-0.15, -0.1) is 0 Å². The largest absolute Gasteiger partial charge is 0.294 e. The normalized spacial score (nSPS) is 10.0. The predicted octanol–water partition coefficient (Wildman–Crippen LogP) is 1.01. The van der Waals surface area contributed by atoms with Crippen LogP contribution in [0.3, 0.4) is 0 Å². The Labute approximate surface area is 79.6 Å². The second-order valence-electron chi connectivity index (χ2n) is 2.75. The topological polar surface area (TPSA) is 59.9 Å². The molecule has 0 amide bonds. The third-order valence-electron chi connectivity index (χ3n) is 1.91. The molecule has 0 radical (unpaired) electrons. The monoisotopic (exact) mass is 186 g/mol. The smallest absolute Gasteiger partial charge is 0.227 e. The van der Waals surface area contributed by atoms with Gasteiger partial charge in [0.2, 0.25) is 5.78 Å². The van der Waals surface area contributed by atoms with Crippen molar-refractivity contribution in [2.24, 2.45) is 0 Å². The number of rotatable bonds is 2. The van der Waals surface area contributed by atoms with E-state index in [9.17, 15) is 9.59 Å². The summed E-state index contributed by atoms with van der Waals surface area (Å²) in [4.78, 5) is 29.3. The number of aldehydes is 1. The van der Waals surface area contributed by atoms with Crippen LogP contribution >= 0.6 is 0 Å². The lowest BCUT2D eigenvalue weighted by Crippen LogP contribution is -2.01. The molecule has 1 aromatic carbocycles. The summed E-state index contributed by atoms with van der Waals surface area (Å²) in [7, 11) is 0. The van der Waals surface area contributed by atoms with Gasteiger partial charge in [-0.3, -0.25) is 9.59 Å². The Bertz CT molecular complexity index is 503. The first-order valence-electron chi connectivity index (χ1n) is 4.01. The number of Topliss-reactive ketones (excluding diaryl/α,β-unsaturated/α-hetero) is 1. The molecule has 2 rings (SSSR count). The van der Waals surface area contributed by atoms with Crippen molar-refractivity contribution in [3.05, 3.63) is 36.3 Å². The second kappa shape index (κ2) is 3.33. The summed E-state index contributed by atoms with van der Waals surface area (Å²) in [5.74, 6) is -0.561. The molecule has 68 valence electrons. The fraction of sp³-hybridized carbons (Fsp3) is 0. The third-order valence-corrected chi connectivity index (χ3v) is 1.91. The lowest BCUT2D eigenvalue weighted by Gasteiger charge is -1.99. The number of nitrogens with zero attached hydrogens (tertiary/aromatic N) is 2. The van der Waals surface area contributed by atoms with Gasteiger partial charge in [0.15, 0.2) is 6.29 Å². The van der Waals surface area contributed by atoms with Gasteiger partial charge >= 0.3 is 0 Å². The van der Waals surface area contributed by atoms with Crippen LogP contribution in [0.15, 0.2) is 30.7 Å². The van der Waals surface area contributed by atoms with E-state index >= 15 is 0 Å². The highest BCUT2D eigenvalue weighted by Gasteiger charge is 2.08. The van der Waals surface area contributed by atoms with Crippen molar-refractivity contribution in [1.82, 2.24) is 9.97 Å². The molecule has 0 saturated carbocycles. The van der Waals surface area contributed by atoms with Crippen LogP contribution in [0.1, 0.15) is 10.4 Å². The Balaban J connectivity index is 2.77. The molecule has 4 heteroatoms. The van der Waals surface area contributed by atoms with Gasteiger partial charge in [0, 0.05) is 11.6 Å². The quantitative estimate of drug-likeness (QED) is 0.399. The molecule has 2 aromatic rings. The Morgan fingerprint density at radius 1 is 1.36 bits per heavy atom. The molecule has 0 saturated heterocycles. The SMILES string of the molecule is O=CC(=O)c1cccc2cncnc12. The first kappa shape index (κ1) is 8.50. The van der Waals surface area contributed by atoms with Crippen LogP contribution in [0.2, 0.25) is 0 Å². The molecule has 0 N–H and O–H groups in total. The summed E-state index contributed by atoms with van der Waals surface area (Å²) >= 11 is 0. The fourth-order valence-electron chi connectivity index (χ4n) is 1.28. The molecule has 1 heterocycles. The van der Waals surface area contributed by atoms with Gasteiger partial charge in [-0.25, -0.2) is 9.97 Å². The molecule has 0 aliphatic heterocycles. The highest BCUT2D eigenvalue weighted by Crippen LogP contribution is 2.14. The van der Waals surface area contributed by atoms with Gasteiger partial charge in [0.05, 0.1) is 11.1 Å². The number of fused-ring (bicyclic) bond motifs is 1. The summed E-state index contributed by atoms with van der Waals surface area (Å²) in [5, 5.41) is 0.750. The zero-order valence-electron chi connectivity index (χ0n) is 7.18. The van der Waals surface area contributed by atoms with E-state index in [1.807, 2.05) is 0 Å². The van der Waals surface area contributed by atoms with E-state index in [-0.39, 0.29) is 6.29 Å². The summed E-state index contributed by atoms with van der Waals surface area (Å²) in [6.45, 7) is 0. The molecule has 4 nitrogen and oxygen atoms in total. The first-order valence-corrected chi connectivity index (χ1v) is 4.01. The molecule has 0 atom stereocenters. The molecule has 0 spiro atoms. The van der Waals surface area contributed by atoms with Crippen molar-refractivity contribution in [3.8, 4) is 0 Å². The van der Waals surface area contributed by atoms with E-state index in [0.29, 0.717) is 11.1 Å². The van der Waals surface area contributed by atoms with Crippen LogP contribution in [0.4, 0.5) is 0 Å². The van der Waals surface area contributed by atoms with Gasteiger partial charge in [-0.2, -0.15) is 0 Å². The highest BCUT2D eigenvalue weighted by atomic mass is 16.2. The third kappa shape index (κ3) is 1.26. The van der Waals surface area contributed by atoms with E-state index in [1.54, 1.807) is 24.4 Å². The van der Waals surface area contributed by atoms with Crippen molar-refractivity contribution in [3.63, 3.8) is 0 Å². The number of benzene rings is 1. The van der Waals surface area contributed by atoms with Crippen molar-refractivity contribution in [2.75, 3.05) is 0 Å². The van der Waals surface area contributed by atoms with Gasteiger partial charge in [-0.1, -0.05) is 12.1 Å². The van der Waals surface area contributed by atoms with E-state index in [2.05, 4.69) is 9.97 Å². The minimum atomic E-state index is -0.561. The second-order valence-corrected chi connectivity index (χ2v) is 2.75. The maximum atomic E-state index is 11.2. The lowest BCUT2D eigenvalue weighted by molar-refractivity contribution is -0.104. The summed E-state index contributed by atoms with van der Waals surface area (Å²) in [5.41, 5.74) is 0.833. The molecular weight excluding hydrogens is 180 g/mol. The Morgan fingerprint density at radius 3 is 3.00 bits per heavy atom. The number of hydrogen-bond acceptors (Lipinski definition) is 4. The Hall–Kier alpha value is -2.10. The van der Waals surface area contributed by atoms with Crippen LogP contribution in [0.25, 0.3) is 10.9 Å². The molecule has 0 unspecified atom stereocenters. The Kier molecular flexibility index (Phi) is 2.02. The van der Waals surface area contributed by atoms with Crippen molar-refractivity contribution < 1.29 is 9.59 Å². The van der Waals surface area contributed by atoms with E-state index in [0.717, 1.165) is 5.39 Å². The lowest BCUT2D eigenvalue weighted by atomic mass is 10.1. The van der Waals surface area contributed by atoms with Crippen molar-refractivity contribution in [1.29, 1.82) is 0 Å². The maximum Gasteiger partial charge on any atom is 0.227 e. The number of para-hydroxylation sites is 1. The van der Waals surface area contributed by atoms with E-state index in [1.165, 1.54) is 6.33 Å². The van der Waals surface area contributed by atoms with Gasteiger partial charge in [-0.05, 0) is 6.07 Å². The fourth-order valence-corrected chi connectivity index (χ4v) is 1.28. The number of hydrogen-bond donors (Lipinski definition) is 0. The van der Waals surface area contributed by atoms with Crippen LogP contribution in [-0.4, -0.2) is 22.0 Å². The summed E-state index contributed by atoms with van der Waals surface area (Å²) in [6.07, 6.45) is 3.24. The molecule has 0 aliphatic carbocycles. The van der Waals surface area contributed by atoms with E-state index < -0.39 is 5.78 Å². The summed E-state index contributed by atoms with van der Waals surface area (Å²) < 4.78 is 0. The summed E-state index contributed by atoms with van der Waals surface area (Å²) in [6, 6.07) is 5.06. The van der Waals surface area contributed by atoms with Crippen LogP contribution in [-0.2, 0) is 4.79 Å². The molecule has 0 aliphatic rings. The number of aromatic nitrogens is 2. The minimum absolute atomic E-state index is 0.289. The molecule has 14 heavy (non-hydrogen) atoms. The van der Waals surface area contributed by atoms with Crippen LogP contribution in [0, 0.1) is 0 Å². The zero-order chi connectivity index (χ0) is 9.97. The van der Waals surface area contributed by atoms with Crippen LogP contribution in [0.5, 0.6) is 0 Å². The standard InChI is InChI=1S/C10H6N2O2/c13-5-9(14)8-3-1-2-7-4-11-6-12-10(7)8/h1-6H.